The molecule has 1 unspecified atom stereocenters. The Labute approximate surface area is 125 Å². The number of amides is 1. The van der Waals surface area contributed by atoms with Crippen molar-refractivity contribution in [2.75, 3.05) is 0 Å². The number of carbonyl (C=O) groups excluding carboxylic acids is 1. The zero-order valence-electron chi connectivity index (χ0n) is 13.3. The van der Waals surface area contributed by atoms with Gasteiger partial charge in [-0.2, -0.15) is 4.98 Å². The molecule has 118 valence electrons. The van der Waals surface area contributed by atoms with Crippen molar-refractivity contribution in [3.63, 3.8) is 0 Å². The third kappa shape index (κ3) is 3.61. The lowest BCUT2D eigenvalue weighted by Gasteiger charge is -2.34. The van der Waals surface area contributed by atoms with Crippen LogP contribution in [0.25, 0.3) is 0 Å². The largest absolute Gasteiger partial charge is 0.344 e. The van der Waals surface area contributed by atoms with Gasteiger partial charge in [0.2, 0.25) is 11.8 Å². The van der Waals surface area contributed by atoms with Gasteiger partial charge in [0, 0.05) is 6.42 Å². The number of aromatic nitrogens is 2. The van der Waals surface area contributed by atoms with E-state index in [1.54, 1.807) is 0 Å². The summed E-state index contributed by atoms with van der Waals surface area (Å²) in [5, 5.41) is 7.01. The van der Waals surface area contributed by atoms with Crippen LogP contribution in [0.1, 0.15) is 71.1 Å². The number of nitrogens with two attached hydrogens (primary N) is 1. The topological polar surface area (TPSA) is 94.0 Å². The van der Waals surface area contributed by atoms with Gasteiger partial charge in [-0.15, -0.1) is 0 Å². The molecule has 1 aromatic heterocycles. The predicted molar refractivity (Wildman–Crippen MR) is 79.2 cm³/mol. The number of nitrogens with zero attached hydrogens (tertiary/aromatic N) is 2. The maximum Gasteiger partial charge on any atom is 0.249 e. The maximum atomic E-state index is 12.0. The first kappa shape index (κ1) is 15.9. The summed E-state index contributed by atoms with van der Waals surface area (Å²) in [4.78, 5) is 16.4. The lowest BCUT2D eigenvalue weighted by molar-refractivity contribution is -0.123. The molecule has 6 heteroatoms. The minimum absolute atomic E-state index is 0.00885. The van der Waals surface area contributed by atoms with Crippen LogP contribution in [-0.4, -0.2) is 16.0 Å². The fourth-order valence-corrected chi connectivity index (χ4v) is 2.46. The average molecular weight is 294 g/mol. The Kier molecular flexibility index (Phi) is 4.66. The Morgan fingerprint density at radius 3 is 2.52 bits per heavy atom. The van der Waals surface area contributed by atoms with Crippen molar-refractivity contribution in [1.82, 2.24) is 15.5 Å². The molecule has 1 saturated carbocycles. The molecule has 6 nitrogen and oxygen atoms in total. The van der Waals surface area contributed by atoms with Gasteiger partial charge >= 0.3 is 0 Å². The molecule has 0 saturated heterocycles. The molecule has 1 fully saturated rings. The molecule has 21 heavy (non-hydrogen) atoms. The van der Waals surface area contributed by atoms with Crippen LogP contribution >= 0.6 is 0 Å². The first-order valence-electron chi connectivity index (χ1n) is 7.74. The maximum absolute atomic E-state index is 12.0. The Morgan fingerprint density at radius 1 is 1.38 bits per heavy atom. The predicted octanol–water partition coefficient (Wildman–Crippen LogP) is 2.27. The molecule has 0 aromatic carbocycles. The third-order valence-electron chi connectivity index (χ3n) is 3.98. The summed E-state index contributed by atoms with van der Waals surface area (Å²) in [5.74, 6) is 1.51. The number of hydrogen-bond donors (Lipinski definition) is 2. The fourth-order valence-electron chi connectivity index (χ4n) is 2.46. The smallest absolute Gasteiger partial charge is 0.249 e. The Hall–Kier alpha value is -1.43. The lowest BCUT2D eigenvalue weighted by Crippen LogP contribution is -2.44. The molecule has 0 bridgehead atoms. The van der Waals surface area contributed by atoms with E-state index in [4.69, 9.17) is 10.3 Å². The lowest BCUT2D eigenvalue weighted by atomic mass is 9.77. The van der Waals surface area contributed by atoms with Crippen molar-refractivity contribution >= 4 is 5.91 Å². The van der Waals surface area contributed by atoms with Crippen LogP contribution in [0, 0.1) is 11.8 Å². The van der Waals surface area contributed by atoms with Crippen LogP contribution < -0.4 is 11.1 Å². The Morgan fingerprint density at radius 2 is 2.05 bits per heavy atom. The van der Waals surface area contributed by atoms with Crippen molar-refractivity contribution in [2.45, 2.75) is 65.0 Å². The Balaban J connectivity index is 2.09. The number of nitrogens with one attached hydrogen (secondary N) is 1. The highest BCUT2D eigenvalue weighted by molar-refractivity contribution is 5.76. The van der Waals surface area contributed by atoms with Gasteiger partial charge in [-0.05, 0) is 31.1 Å². The second-order valence-corrected chi connectivity index (χ2v) is 6.85. The summed E-state index contributed by atoms with van der Waals surface area (Å²) < 4.78 is 5.36. The van der Waals surface area contributed by atoms with E-state index in [1.165, 1.54) is 0 Å². The zero-order valence-corrected chi connectivity index (χ0v) is 13.3. The standard InChI is InChI=1S/C15H26N4O2/c1-9(2)8-11(20)17-12(10(3)4)13-18-14(19-21-13)15(16)6-5-7-15/h9-10,12H,5-8,16H2,1-4H3,(H,17,20). The summed E-state index contributed by atoms with van der Waals surface area (Å²) in [6, 6.07) is -0.263. The third-order valence-corrected chi connectivity index (χ3v) is 3.98. The molecule has 0 aliphatic heterocycles. The normalized spacial score (nSPS) is 18.6. The van der Waals surface area contributed by atoms with Crippen molar-refractivity contribution < 1.29 is 9.32 Å². The van der Waals surface area contributed by atoms with Gasteiger partial charge in [-0.3, -0.25) is 4.79 Å². The summed E-state index contributed by atoms with van der Waals surface area (Å²) in [6.45, 7) is 8.07. The highest BCUT2D eigenvalue weighted by Gasteiger charge is 2.39. The van der Waals surface area contributed by atoms with E-state index >= 15 is 0 Å². The summed E-state index contributed by atoms with van der Waals surface area (Å²) >= 11 is 0. The molecular weight excluding hydrogens is 268 g/mol. The van der Waals surface area contributed by atoms with Gasteiger partial charge in [0.05, 0.1) is 5.54 Å². The summed E-state index contributed by atoms with van der Waals surface area (Å²) in [7, 11) is 0. The molecule has 2 rings (SSSR count). The van der Waals surface area contributed by atoms with E-state index in [9.17, 15) is 4.79 Å². The van der Waals surface area contributed by atoms with Crippen LogP contribution in [0.4, 0.5) is 0 Å². The minimum Gasteiger partial charge on any atom is -0.344 e. The van der Waals surface area contributed by atoms with Crippen molar-refractivity contribution in [2.24, 2.45) is 17.6 Å². The molecular formula is C15H26N4O2. The van der Waals surface area contributed by atoms with E-state index < -0.39 is 5.54 Å². The Bertz CT molecular complexity index is 492. The van der Waals surface area contributed by atoms with E-state index in [1.807, 2.05) is 27.7 Å². The second-order valence-electron chi connectivity index (χ2n) is 6.85. The molecule has 1 heterocycles. The highest BCUT2D eigenvalue weighted by Crippen LogP contribution is 2.37. The van der Waals surface area contributed by atoms with E-state index in [0.717, 1.165) is 19.3 Å². The molecule has 1 amide bonds. The monoisotopic (exact) mass is 294 g/mol. The minimum atomic E-state index is -0.439. The quantitative estimate of drug-likeness (QED) is 0.839. The van der Waals surface area contributed by atoms with Crippen LogP contribution in [0.15, 0.2) is 4.52 Å². The van der Waals surface area contributed by atoms with Gasteiger partial charge in [0.15, 0.2) is 5.82 Å². The molecule has 3 N–H and O–H groups in total. The number of rotatable bonds is 6. The van der Waals surface area contributed by atoms with Crippen LogP contribution in [0.2, 0.25) is 0 Å². The van der Waals surface area contributed by atoms with Crippen LogP contribution in [0.5, 0.6) is 0 Å². The first-order chi connectivity index (χ1) is 9.82. The van der Waals surface area contributed by atoms with Gasteiger partial charge in [0.25, 0.3) is 0 Å². The first-order valence-corrected chi connectivity index (χ1v) is 7.74. The van der Waals surface area contributed by atoms with Crippen LogP contribution in [0.3, 0.4) is 0 Å². The highest BCUT2D eigenvalue weighted by atomic mass is 16.5. The van der Waals surface area contributed by atoms with E-state index in [2.05, 4.69) is 15.5 Å². The van der Waals surface area contributed by atoms with Gasteiger partial charge < -0.3 is 15.6 Å². The SMILES string of the molecule is CC(C)CC(=O)NC(c1nc(C2(N)CCC2)no1)C(C)C. The molecule has 1 atom stereocenters. The fraction of sp³-hybridized carbons (Fsp3) is 0.800. The van der Waals surface area contributed by atoms with Crippen LogP contribution in [-0.2, 0) is 10.3 Å². The van der Waals surface area contributed by atoms with E-state index in [0.29, 0.717) is 24.1 Å². The van der Waals surface area contributed by atoms with E-state index in [-0.39, 0.29) is 17.9 Å². The van der Waals surface area contributed by atoms with Crippen molar-refractivity contribution in [1.29, 1.82) is 0 Å². The summed E-state index contributed by atoms with van der Waals surface area (Å²) in [5.41, 5.74) is 5.77. The van der Waals surface area contributed by atoms with Crippen molar-refractivity contribution in [3.05, 3.63) is 11.7 Å². The molecule has 1 aromatic rings. The van der Waals surface area contributed by atoms with Gasteiger partial charge in [-0.25, -0.2) is 0 Å². The molecule has 0 radical (unpaired) electrons. The number of carbonyl (C=O) groups is 1. The zero-order chi connectivity index (χ0) is 15.6. The molecule has 1 aliphatic rings. The summed E-state index contributed by atoms with van der Waals surface area (Å²) in [6.07, 6.45) is 3.36. The number of hydrogen-bond acceptors (Lipinski definition) is 5. The van der Waals surface area contributed by atoms with Crippen molar-refractivity contribution in [3.8, 4) is 0 Å². The average Bonchev–Trinajstić information content (AvgIpc) is 2.81. The second kappa shape index (κ2) is 6.13. The molecule has 0 spiro atoms. The molecule has 1 aliphatic carbocycles. The van der Waals surface area contributed by atoms with Gasteiger partial charge in [-0.1, -0.05) is 32.9 Å². The van der Waals surface area contributed by atoms with Gasteiger partial charge in [0.1, 0.15) is 6.04 Å².